The molecule has 0 bridgehead atoms. The van der Waals surface area contributed by atoms with Crippen molar-refractivity contribution in [2.24, 2.45) is 0 Å². The lowest BCUT2D eigenvalue weighted by Gasteiger charge is -2.07. The number of furan rings is 2. The van der Waals surface area contributed by atoms with Gasteiger partial charge in [-0.15, -0.1) is 0 Å². The number of ether oxygens (including phenoxy) is 2. The molecule has 2 heterocycles. The predicted octanol–water partition coefficient (Wildman–Crippen LogP) is 6.38. The van der Waals surface area contributed by atoms with Crippen LogP contribution in [0.15, 0.2) is 75.6 Å². The van der Waals surface area contributed by atoms with Crippen LogP contribution in [0.4, 0.5) is 5.69 Å². The Morgan fingerprint density at radius 3 is 2.34 bits per heavy atom. The molecule has 5 aromatic rings. The number of ketones is 1. The highest BCUT2D eigenvalue weighted by Crippen LogP contribution is 2.35. The number of amides is 1. The van der Waals surface area contributed by atoms with Crippen molar-refractivity contribution in [3.05, 3.63) is 89.4 Å². The van der Waals surface area contributed by atoms with Gasteiger partial charge in [-0.25, -0.2) is 0 Å². The predicted molar refractivity (Wildman–Crippen MR) is 133 cm³/mol. The fourth-order valence-electron chi connectivity index (χ4n) is 4.11. The number of para-hydroxylation sites is 1. The maximum absolute atomic E-state index is 13.5. The van der Waals surface area contributed by atoms with Crippen LogP contribution in [0.3, 0.4) is 0 Å². The van der Waals surface area contributed by atoms with E-state index in [0.717, 1.165) is 0 Å². The van der Waals surface area contributed by atoms with Gasteiger partial charge in [0.2, 0.25) is 5.78 Å². The summed E-state index contributed by atoms with van der Waals surface area (Å²) >= 11 is 0. The number of nitrogens with one attached hydrogen (secondary N) is 1. The van der Waals surface area contributed by atoms with Gasteiger partial charge in [-0.1, -0.05) is 12.1 Å². The molecule has 0 saturated heterocycles. The number of carbonyl (C=O) groups is 2. The quantitative estimate of drug-likeness (QED) is 0.278. The second kappa shape index (κ2) is 9.02. The maximum Gasteiger partial charge on any atom is 0.259 e. The summed E-state index contributed by atoms with van der Waals surface area (Å²) in [6.07, 6.45) is 0. The fraction of sp³-hybridized carbons (Fsp3) is 0.143. The van der Waals surface area contributed by atoms with Gasteiger partial charge in [-0.3, -0.25) is 9.59 Å². The number of anilines is 1. The lowest BCUT2D eigenvalue weighted by atomic mass is 10.1. The maximum atomic E-state index is 13.5. The van der Waals surface area contributed by atoms with Crippen LogP contribution in [0.2, 0.25) is 0 Å². The molecule has 0 radical (unpaired) electrons. The summed E-state index contributed by atoms with van der Waals surface area (Å²) in [5, 5.41) is 4.15. The second-order valence-electron chi connectivity index (χ2n) is 7.94. The zero-order chi connectivity index (χ0) is 24.5. The Bertz CT molecular complexity index is 1560. The highest BCUT2D eigenvalue weighted by molar-refractivity contribution is 6.21. The number of fused-ring (bicyclic) bond motifs is 2. The lowest BCUT2D eigenvalue weighted by molar-refractivity contribution is 0.101. The normalized spacial score (nSPS) is 11.1. The zero-order valence-corrected chi connectivity index (χ0v) is 19.5. The summed E-state index contributed by atoms with van der Waals surface area (Å²) in [6.45, 7) is 4.14. The van der Waals surface area contributed by atoms with Crippen molar-refractivity contribution in [1.29, 1.82) is 0 Å². The van der Waals surface area contributed by atoms with Gasteiger partial charge in [0.1, 0.15) is 28.4 Å². The Balaban J connectivity index is 1.56. The molecule has 7 nitrogen and oxygen atoms in total. The van der Waals surface area contributed by atoms with E-state index in [4.69, 9.17) is 18.3 Å². The van der Waals surface area contributed by atoms with E-state index in [1.54, 1.807) is 68.6 Å². The van der Waals surface area contributed by atoms with Gasteiger partial charge >= 0.3 is 0 Å². The second-order valence-corrected chi connectivity index (χ2v) is 7.94. The van der Waals surface area contributed by atoms with E-state index in [2.05, 4.69) is 5.32 Å². The largest absolute Gasteiger partial charge is 0.497 e. The molecule has 176 valence electrons. The Kier molecular flexibility index (Phi) is 5.74. The van der Waals surface area contributed by atoms with Crippen molar-refractivity contribution >= 4 is 39.3 Å². The lowest BCUT2D eigenvalue weighted by Crippen LogP contribution is -2.15. The molecule has 7 heteroatoms. The first-order chi connectivity index (χ1) is 17.0. The van der Waals surface area contributed by atoms with Crippen LogP contribution in [0, 0.1) is 6.92 Å². The van der Waals surface area contributed by atoms with Gasteiger partial charge in [0.25, 0.3) is 5.91 Å². The van der Waals surface area contributed by atoms with Crippen molar-refractivity contribution in [2.75, 3.05) is 19.0 Å². The molecule has 5 rings (SSSR count). The van der Waals surface area contributed by atoms with E-state index < -0.39 is 5.91 Å². The fourth-order valence-corrected chi connectivity index (χ4v) is 4.11. The third-order valence-electron chi connectivity index (χ3n) is 5.77. The molecule has 3 aromatic carbocycles. The standard InChI is InChI=1S/C28H23NO6/c1-4-33-18-11-9-17(10-12-18)26(30)27-25(20-7-5-6-8-22(20)35-27)29-28(31)24-16(2)34-23-14-13-19(32-3)15-21(23)24/h5-15H,4H2,1-3H3,(H,29,31). The van der Waals surface area contributed by atoms with Gasteiger partial charge in [0.15, 0.2) is 5.76 Å². The van der Waals surface area contributed by atoms with Gasteiger partial charge in [-0.2, -0.15) is 0 Å². The molecule has 0 spiro atoms. The molecule has 35 heavy (non-hydrogen) atoms. The molecule has 0 aliphatic heterocycles. The summed E-state index contributed by atoms with van der Waals surface area (Å²) < 4.78 is 22.5. The molecular formula is C28H23NO6. The molecule has 0 aliphatic carbocycles. The number of carbonyl (C=O) groups excluding carboxylic acids is 2. The minimum Gasteiger partial charge on any atom is -0.497 e. The first kappa shape index (κ1) is 22.3. The summed E-state index contributed by atoms with van der Waals surface area (Å²) in [6, 6.07) is 19.3. The molecule has 1 amide bonds. The monoisotopic (exact) mass is 469 g/mol. The van der Waals surface area contributed by atoms with E-state index in [1.165, 1.54) is 0 Å². The van der Waals surface area contributed by atoms with Crippen molar-refractivity contribution in [2.45, 2.75) is 13.8 Å². The number of hydrogen-bond donors (Lipinski definition) is 1. The van der Waals surface area contributed by atoms with Crippen molar-refractivity contribution < 1.29 is 27.9 Å². The molecule has 0 fully saturated rings. The summed E-state index contributed by atoms with van der Waals surface area (Å²) in [4.78, 5) is 26.9. The zero-order valence-electron chi connectivity index (χ0n) is 19.5. The van der Waals surface area contributed by atoms with E-state index in [0.29, 0.717) is 62.6 Å². The van der Waals surface area contributed by atoms with E-state index >= 15 is 0 Å². The third-order valence-corrected chi connectivity index (χ3v) is 5.77. The third kappa shape index (κ3) is 4.01. The number of benzene rings is 3. The van der Waals surface area contributed by atoms with Crippen molar-refractivity contribution in [3.8, 4) is 11.5 Å². The molecular weight excluding hydrogens is 446 g/mol. The van der Waals surface area contributed by atoms with Crippen LogP contribution in [0.5, 0.6) is 11.5 Å². The average molecular weight is 469 g/mol. The van der Waals surface area contributed by atoms with Crippen LogP contribution in [-0.2, 0) is 0 Å². The van der Waals surface area contributed by atoms with E-state index in [9.17, 15) is 9.59 Å². The van der Waals surface area contributed by atoms with Gasteiger partial charge in [0, 0.05) is 16.3 Å². The van der Waals surface area contributed by atoms with Crippen LogP contribution in [0.25, 0.3) is 21.9 Å². The molecule has 0 saturated carbocycles. The highest BCUT2D eigenvalue weighted by Gasteiger charge is 2.26. The van der Waals surface area contributed by atoms with Crippen molar-refractivity contribution in [3.63, 3.8) is 0 Å². The minimum absolute atomic E-state index is 0.0479. The number of rotatable bonds is 7. The molecule has 1 N–H and O–H groups in total. The van der Waals surface area contributed by atoms with Gasteiger partial charge < -0.3 is 23.6 Å². The Morgan fingerprint density at radius 2 is 1.60 bits per heavy atom. The topological polar surface area (TPSA) is 90.9 Å². The van der Waals surface area contributed by atoms with E-state index in [-0.39, 0.29) is 11.5 Å². The molecule has 2 aromatic heterocycles. The average Bonchev–Trinajstić information content (AvgIpc) is 3.40. The summed E-state index contributed by atoms with van der Waals surface area (Å²) in [5.74, 6) is 1.01. The molecule has 0 atom stereocenters. The summed E-state index contributed by atoms with van der Waals surface area (Å²) in [7, 11) is 1.56. The Hall–Kier alpha value is -4.52. The number of methoxy groups -OCH3 is 1. The first-order valence-corrected chi connectivity index (χ1v) is 11.2. The number of aryl methyl sites for hydroxylation is 1. The van der Waals surface area contributed by atoms with Crippen LogP contribution >= 0.6 is 0 Å². The van der Waals surface area contributed by atoms with Crippen LogP contribution in [0.1, 0.15) is 39.2 Å². The molecule has 0 unspecified atom stereocenters. The van der Waals surface area contributed by atoms with Crippen LogP contribution < -0.4 is 14.8 Å². The van der Waals surface area contributed by atoms with Crippen molar-refractivity contribution in [1.82, 2.24) is 0 Å². The Labute approximate surface area is 201 Å². The molecule has 0 aliphatic rings. The minimum atomic E-state index is -0.415. The van der Waals surface area contributed by atoms with Gasteiger partial charge in [-0.05, 0) is 68.4 Å². The van der Waals surface area contributed by atoms with Gasteiger partial charge in [0.05, 0.1) is 25.0 Å². The smallest absolute Gasteiger partial charge is 0.259 e. The Morgan fingerprint density at radius 1 is 0.886 bits per heavy atom. The first-order valence-electron chi connectivity index (χ1n) is 11.2. The van der Waals surface area contributed by atoms with E-state index in [1.807, 2.05) is 19.1 Å². The SMILES string of the molecule is CCOc1ccc(C(=O)c2oc3ccccc3c2NC(=O)c2c(C)oc3ccc(OC)cc23)cc1. The van der Waals surface area contributed by atoms with Crippen LogP contribution in [-0.4, -0.2) is 25.4 Å². The number of hydrogen-bond acceptors (Lipinski definition) is 6. The summed E-state index contributed by atoms with van der Waals surface area (Å²) in [5.41, 5.74) is 2.14. The highest BCUT2D eigenvalue weighted by atomic mass is 16.5.